The summed E-state index contributed by atoms with van der Waals surface area (Å²) in [5, 5.41) is 21.0. The van der Waals surface area contributed by atoms with Gasteiger partial charge in [-0.2, -0.15) is 0 Å². The average Bonchev–Trinajstić information content (AvgIpc) is 2.49. The lowest BCUT2D eigenvalue weighted by Crippen LogP contribution is -2.25. The summed E-state index contributed by atoms with van der Waals surface area (Å²) < 4.78 is 0. The van der Waals surface area contributed by atoms with Crippen LogP contribution in [0.1, 0.15) is 6.42 Å². The van der Waals surface area contributed by atoms with Crippen LogP contribution in [0.2, 0.25) is 0 Å². The van der Waals surface area contributed by atoms with Crippen molar-refractivity contribution in [3.05, 3.63) is 35.5 Å². The van der Waals surface area contributed by atoms with Gasteiger partial charge in [-0.25, -0.2) is 0 Å². The largest absolute Gasteiger partial charge is 0.488 e. The summed E-state index contributed by atoms with van der Waals surface area (Å²) in [6, 6.07) is 0.340. The molecule has 4 heteroatoms. The van der Waals surface area contributed by atoms with Crippen molar-refractivity contribution in [2.75, 3.05) is 0 Å². The van der Waals surface area contributed by atoms with Crippen molar-refractivity contribution in [2.24, 2.45) is 0 Å². The van der Waals surface area contributed by atoms with Gasteiger partial charge in [-0.1, -0.05) is 12.2 Å². The number of nitrogens with one attached hydrogen (secondary N) is 1. The van der Waals surface area contributed by atoms with Crippen LogP contribution in [0.15, 0.2) is 35.5 Å². The number of allylic oxidation sites excluding steroid dienone is 2. The van der Waals surface area contributed by atoms with Gasteiger partial charge in [0, 0.05) is 0 Å². The van der Waals surface area contributed by atoms with Gasteiger partial charge in [-0.3, -0.25) is 0 Å². The second-order valence-corrected chi connectivity index (χ2v) is 3.01. The zero-order valence-corrected chi connectivity index (χ0v) is 6.57. The second-order valence-electron chi connectivity index (χ2n) is 3.01. The molecule has 0 radical (unpaired) electrons. The molecule has 1 aliphatic heterocycles. The van der Waals surface area contributed by atoms with Crippen molar-refractivity contribution in [1.29, 1.82) is 0 Å². The standard InChI is InChI=1S/C8H10BNO2/c11-9(12)7-1-2-8-6(5-7)3-4-10-8/h1,3-5,8,10-12H,2H2. The summed E-state index contributed by atoms with van der Waals surface area (Å²) >= 11 is 0. The molecule has 0 aromatic carbocycles. The van der Waals surface area contributed by atoms with Gasteiger partial charge in [0.25, 0.3) is 0 Å². The maximum Gasteiger partial charge on any atom is 0.488 e. The summed E-state index contributed by atoms with van der Waals surface area (Å²) in [5.74, 6) is 0. The van der Waals surface area contributed by atoms with Crippen molar-refractivity contribution < 1.29 is 10.0 Å². The Morgan fingerprint density at radius 3 is 3.08 bits per heavy atom. The number of hydrogen-bond acceptors (Lipinski definition) is 3. The first-order valence-electron chi connectivity index (χ1n) is 3.98. The third-order valence-electron chi connectivity index (χ3n) is 2.20. The molecular formula is C8H10BNO2. The topological polar surface area (TPSA) is 52.5 Å². The summed E-state index contributed by atoms with van der Waals surface area (Å²) in [5.41, 5.74) is 1.72. The lowest BCUT2D eigenvalue weighted by Gasteiger charge is -2.17. The van der Waals surface area contributed by atoms with E-state index in [4.69, 9.17) is 10.0 Å². The van der Waals surface area contributed by atoms with E-state index in [1.54, 1.807) is 0 Å². The molecule has 2 rings (SSSR count). The highest BCUT2D eigenvalue weighted by Gasteiger charge is 2.22. The minimum atomic E-state index is -1.34. The predicted octanol–water partition coefficient (Wildman–Crippen LogP) is -0.260. The molecule has 0 bridgehead atoms. The van der Waals surface area contributed by atoms with Crippen molar-refractivity contribution in [3.63, 3.8) is 0 Å². The Balaban J connectivity index is 2.22. The van der Waals surface area contributed by atoms with Crippen molar-refractivity contribution in [1.82, 2.24) is 5.32 Å². The minimum Gasteiger partial charge on any atom is -0.423 e. The zero-order chi connectivity index (χ0) is 8.55. The molecular weight excluding hydrogens is 153 g/mol. The first-order chi connectivity index (χ1) is 5.77. The van der Waals surface area contributed by atoms with Gasteiger partial charge in [0.05, 0.1) is 6.04 Å². The molecule has 3 nitrogen and oxygen atoms in total. The highest BCUT2D eigenvalue weighted by atomic mass is 16.4. The Kier molecular flexibility index (Phi) is 1.79. The van der Waals surface area contributed by atoms with Crippen molar-refractivity contribution in [3.8, 4) is 0 Å². The van der Waals surface area contributed by atoms with E-state index in [1.165, 1.54) is 0 Å². The van der Waals surface area contributed by atoms with Crippen LogP contribution in [-0.2, 0) is 0 Å². The fraction of sp³-hybridized carbons (Fsp3) is 0.250. The molecule has 1 aliphatic carbocycles. The molecule has 0 saturated carbocycles. The van der Waals surface area contributed by atoms with Gasteiger partial charge in [-0.05, 0) is 29.7 Å². The van der Waals surface area contributed by atoms with Crippen LogP contribution in [0.25, 0.3) is 0 Å². The maximum atomic E-state index is 8.90. The van der Waals surface area contributed by atoms with Gasteiger partial charge in [0.15, 0.2) is 0 Å². The van der Waals surface area contributed by atoms with Gasteiger partial charge in [-0.15, -0.1) is 0 Å². The Labute approximate surface area is 71.2 Å². The normalized spacial score (nSPS) is 25.7. The third kappa shape index (κ3) is 1.19. The van der Waals surface area contributed by atoms with E-state index in [2.05, 4.69) is 5.32 Å². The SMILES string of the molecule is OB(O)C1=CCC2NC=CC2=C1. The van der Waals surface area contributed by atoms with Crippen LogP contribution in [0.5, 0.6) is 0 Å². The summed E-state index contributed by atoms with van der Waals surface area (Å²) in [4.78, 5) is 0. The van der Waals surface area contributed by atoms with E-state index in [1.807, 2.05) is 24.4 Å². The van der Waals surface area contributed by atoms with Crippen molar-refractivity contribution >= 4 is 7.12 Å². The van der Waals surface area contributed by atoms with Crippen LogP contribution in [0.3, 0.4) is 0 Å². The molecule has 0 aromatic rings. The first-order valence-corrected chi connectivity index (χ1v) is 3.98. The third-order valence-corrected chi connectivity index (χ3v) is 2.20. The van der Waals surface area contributed by atoms with E-state index in [-0.39, 0.29) is 0 Å². The van der Waals surface area contributed by atoms with Crippen LogP contribution >= 0.6 is 0 Å². The smallest absolute Gasteiger partial charge is 0.423 e. The Morgan fingerprint density at radius 2 is 2.33 bits per heavy atom. The number of hydrogen-bond donors (Lipinski definition) is 3. The molecule has 62 valence electrons. The Bertz CT molecular complexity index is 281. The van der Waals surface area contributed by atoms with E-state index in [0.717, 1.165) is 12.0 Å². The van der Waals surface area contributed by atoms with Gasteiger partial charge < -0.3 is 15.4 Å². The van der Waals surface area contributed by atoms with E-state index >= 15 is 0 Å². The molecule has 1 heterocycles. The molecule has 0 amide bonds. The molecule has 2 aliphatic rings. The van der Waals surface area contributed by atoms with Gasteiger partial charge in [0.1, 0.15) is 0 Å². The van der Waals surface area contributed by atoms with E-state index in [0.29, 0.717) is 11.5 Å². The van der Waals surface area contributed by atoms with E-state index < -0.39 is 7.12 Å². The summed E-state index contributed by atoms with van der Waals surface area (Å²) in [7, 11) is -1.34. The highest BCUT2D eigenvalue weighted by molar-refractivity contribution is 6.51. The predicted molar refractivity (Wildman–Crippen MR) is 47.0 cm³/mol. The molecule has 1 atom stereocenters. The lowest BCUT2D eigenvalue weighted by atomic mass is 9.74. The quantitative estimate of drug-likeness (QED) is 0.467. The van der Waals surface area contributed by atoms with Crippen LogP contribution in [0, 0.1) is 0 Å². The Hall–Kier alpha value is -0.995. The average molecular weight is 163 g/mol. The van der Waals surface area contributed by atoms with Gasteiger partial charge >= 0.3 is 7.12 Å². The second kappa shape index (κ2) is 2.81. The molecule has 12 heavy (non-hydrogen) atoms. The van der Waals surface area contributed by atoms with Crippen LogP contribution < -0.4 is 5.32 Å². The maximum absolute atomic E-state index is 8.90. The fourth-order valence-corrected chi connectivity index (χ4v) is 1.51. The molecule has 0 saturated heterocycles. The molecule has 0 aromatic heterocycles. The molecule has 1 unspecified atom stereocenters. The number of rotatable bonds is 1. The fourth-order valence-electron chi connectivity index (χ4n) is 1.51. The van der Waals surface area contributed by atoms with Gasteiger partial charge in [0.2, 0.25) is 0 Å². The minimum absolute atomic E-state index is 0.340. The van der Waals surface area contributed by atoms with Crippen molar-refractivity contribution in [2.45, 2.75) is 12.5 Å². The zero-order valence-electron chi connectivity index (χ0n) is 6.57. The lowest BCUT2D eigenvalue weighted by molar-refractivity contribution is 0.420. The van der Waals surface area contributed by atoms with E-state index in [9.17, 15) is 0 Å². The van der Waals surface area contributed by atoms with Crippen LogP contribution in [0.4, 0.5) is 0 Å². The Morgan fingerprint density at radius 1 is 1.50 bits per heavy atom. The number of fused-ring (bicyclic) bond motifs is 1. The highest BCUT2D eigenvalue weighted by Crippen LogP contribution is 2.22. The molecule has 0 fully saturated rings. The van der Waals surface area contributed by atoms with Crippen LogP contribution in [-0.4, -0.2) is 23.2 Å². The molecule has 3 N–H and O–H groups in total. The monoisotopic (exact) mass is 163 g/mol. The summed E-state index contributed by atoms with van der Waals surface area (Å²) in [6.45, 7) is 0. The first kappa shape index (κ1) is 7.64. The molecule has 0 spiro atoms. The summed E-state index contributed by atoms with van der Waals surface area (Å²) in [6.07, 6.45) is 8.33.